The molecule has 19 heavy (non-hydrogen) atoms. The number of nitrogens with zero attached hydrogens (tertiary/aromatic N) is 1. The molecule has 0 atom stereocenters. The monoisotopic (exact) mass is 261 g/mol. The molecule has 5 heteroatoms. The lowest BCUT2D eigenvalue weighted by molar-refractivity contribution is -0.137. The predicted octanol–water partition coefficient (Wildman–Crippen LogP) is 1.00. The summed E-state index contributed by atoms with van der Waals surface area (Å²) in [5.74, 6) is -0.306. The molecule has 0 aliphatic heterocycles. The molecule has 0 radical (unpaired) electrons. The van der Waals surface area contributed by atoms with Gasteiger partial charge in [-0.05, 0) is 37.0 Å². The van der Waals surface area contributed by atoms with Crippen LogP contribution in [0.1, 0.15) is 31.7 Å². The first kappa shape index (κ1) is 13.5. The standard InChI is InChI=1S/C14H19N3O2/c1-2-7-16-12(18)14(5-6-14)13(19)17-10-11-3-8-15-9-4-11/h3-4,8-9H,2,5-7,10H2,1H3,(H,16,18)(H,17,19). The van der Waals surface area contributed by atoms with E-state index in [1.807, 2.05) is 19.1 Å². The Morgan fingerprint density at radius 1 is 1.21 bits per heavy atom. The van der Waals surface area contributed by atoms with Gasteiger partial charge in [-0.1, -0.05) is 6.92 Å². The number of hydrogen-bond donors (Lipinski definition) is 2. The van der Waals surface area contributed by atoms with Crippen molar-refractivity contribution in [2.45, 2.75) is 32.7 Å². The van der Waals surface area contributed by atoms with Gasteiger partial charge in [-0.25, -0.2) is 0 Å². The number of pyridine rings is 1. The summed E-state index contributed by atoms with van der Waals surface area (Å²) in [6.07, 6.45) is 5.53. The molecule has 2 amide bonds. The van der Waals surface area contributed by atoms with E-state index in [1.165, 1.54) is 0 Å². The Labute approximate surface area is 112 Å². The van der Waals surface area contributed by atoms with Crippen molar-refractivity contribution in [1.82, 2.24) is 15.6 Å². The predicted molar refractivity (Wildman–Crippen MR) is 71.1 cm³/mol. The fourth-order valence-corrected chi connectivity index (χ4v) is 1.94. The maximum atomic E-state index is 12.1. The van der Waals surface area contributed by atoms with E-state index in [2.05, 4.69) is 15.6 Å². The Morgan fingerprint density at radius 3 is 2.42 bits per heavy atom. The summed E-state index contributed by atoms with van der Waals surface area (Å²) in [6.45, 7) is 3.05. The molecule has 2 N–H and O–H groups in total. The highest BCUT2D eigenvalue weighted by Crippen LogP contribution is 2.46. The first-order valence-electron chi connectivity index (χ1n) is 6.64. The molecule has 1 saturated carbocycles. The highest BCUT2D eigenvalue weighted by Gasteiger charge is 2.56. The van der Waals surface area contributed by atoms with E-state index >= 15 is 0 Å². The molecule has 0 spiro atoms. The third-order valence-electron chi connectivity index (χ3n) is 3.36. The number of amides is 2. The van der Waals surface area contributed by atoms with Gasteiger partial charge in [-0.2, -0.15) is 0 Å². The molecule has 1 fully saturated rings. The quantitative estimate of drug-likeness (QED) is 0.751. The average molecular weight is 261 g/mol. The maximum Gasteiger partial charge on any atom is 0.235 e. The fraction of sp³-hybridized carbons (Fsp3) is 0.500. The van der Waals surface area contributed by atoms with E-state index in [9.17, 15) is 9.59 Å². The van der Waals surface area contributed by atoms with E-state index in [-0.39, 0.29) is 11.8 Å². The second-order valence-corrected chi connectivity index (χ2v) is 4.88. The van der Waals surface area contributed by atoms with E-state index in [1.54, 1.807) is 12.4 Å². The minimum Gasteiger partial charge on any atom is -0.355 e. The second kappa shape index (κ2) is 5.82. The van der Waals surface area contributed by atoms with E-state index in [0.29, 0.717) is 25.9 Å². The Morgan fingerprint density at radius 2 is 1.84 bits per heavy atom. The highest BCUT2D eigenvalue weighted by atomic mass is 16.2. The zero-order valence-corrected chi connectivity index (χ0v) is 11.1. The van der Waals surface area contributed by atoms with Crippen LogP contribution in [0.25, 0.3) is 0 Å². The van der Waals surface area contributed by atoms with Crippen LogP contribution in [0, 0.1) is 5.41 Å². The first-order valence-corrected chi connectivity index (χ1v) is 6.64. The SMILES string of the molecule is CCCNC(=O)C1(C(=O)NCc2ccncc2)CC1. The fourth-order valence-electron chi connectivity index (χ4n) is 1.94. The molecule has 1 aliphatic carbocycles. The molecule has 0 unspecified atom stereocenters. The summed E-state index contributed by atoms with van der Waals surface area (Å²) in [5, 5.41) is 5.64. The number of hydrogen-bond acceptors (Lipinski definition) is 3. The average Bonchev–Trinajstić information content (AvgIpc) is 3.25. The Balaban J connectivity index is 1.87. The lowest BCUT2D eigenvalue weighted by Gasteiger charge is -2.15. The van der Waals surface area contributed by atoms with Gasteiger partial charge in [0.15, 0.2) is 0 Å². The molecule has 0 saturated heterocycles. The van der Waals surface area contributed by atoms with Crippen molar-refractivity contribution in [3.8, 4) is 0 Å². The van der Waals surface area contributed by atoms with Gasteiger partial charge < -0.3 is 10.6 Å². The van der Waals surface area contributed by atoms with Gasteiger partial charge in [0, 0.05) is 25.5 Å². The number of rotatable bonds is 6. The number of nitrogens with one attached hydrogen (secondary N) is 2. The molecule has 1 aromatic rings. The first-order chi connectivity index (χ1) is 9.19. The van der Waals surface area contributed by atoms with Crippen molar-refractivity contribution in [2.24, 2.45) is 5.41 Å². The van der Waals surface area contributed by atoms with Crippen molar-refractivity contribution >= 4 is 11.8 Å². The molecule has 0 bridgehead atoms. The van der Waals surface area contributed by atoms with Crippen molar-refractivity contribution in [3.05, 3.63) is 30.1 Å². The van der Waals surface area contributed by atoms with Crippen LogP contribution >= 0.6 is 0 Å². The summed E-state index contributed by atoms with van der Waals surface area (Å²) >= 11 is 0. The van der Waals surface area contributed by atoms with E-state index in [0.717, 1.165) is 12.0 Å². The lowest BCUT2D eigenvalue weighted by atomic mass is 10.1. The second-order valence-electron chi connectivity index (χ2n) is 4.88. The van der Waals surface area contributed by atoms with E-state index < -0.39 is 5.41 Å². The topological polar surface area (TPSA) is 71.1 Å². The van der Waals surface area contributed by atoms with Crippen LogP contribution in [0.2, 0.25) is 0 Å². The van der Waals surface area contributed by atoms with Gasteiger partial charge >= 0.3 is 0 Å². The zero-order chi connectivity index (χ0) is 13.7. The lowest BCUT2D eigenvalue weighted by Crippen LogP contribution is -2.43. The molecule has 1 heterocycles. The molecular weight excluding hydrogens is 242 g/mol. The van der Waals surface area contributed by atoms with Gasteiger partial charge in [0.2, 0.25) is 11.8 Å². The summed E-state index contributed by atoms with van der Waals surface area (Å²) in [6, 6.07) is 3.69. The van der Waals surface area contributed by atoms with Crippen LogP contribution in [-0.2, 0) is 16.1 Å². The Kier molecular flexibility index (Phi) is 4.14. The van der Waals surface area contributed by atoms with Crippen LogP contribution in [0.15, 0.2) is 24.5 Å². The highest BCUT2D eigenvalue weighted by molar-refractivity contribution is 6.07. The smallest absolute Gasteiger partial charge is 0.235 e. The Bertz CT molecular complexity index is 455. The third kappa shape index (κ3) is 3.10. The largest absolute Gasteiger partial charge is 0.355 e. The van der Waals surface area contributed by atoms with Gasteiger partial charge in [-0.15, -0.1) is 0 Å². The molecule has 0 aromatic carbocycles. The number of carbonyl (C=O) groups is 2. The van der Waals surface area contributed by atoms with Crippen molar-refractivity contribution in [1.29, 1.82) is 0 Å². The summed E-state index contributed by atoms with van der Waals surface area (Å²) in [4.78, 5) is 28.0. The van der Waals surface area contributed by atoms with Gasteiger partial charge in [0.25, 0.3) is 0 Å². The minimum atomic E-state index is -0.817. The summed E-state index contributed by atoms with van der Waals surface area (Å²) in [7, 11) is 0. The van der Waals surface area contributed by atoms with Crippen molar-refractivity contribution in [3.63, 3.8) is 0 Å². The molecule has 1 aliphatic rings. The molecule has 1 aromatic heterocycles. The van der Waals surface area contributed by atoms with Gasteiger partial charge in [0.1, 0.15) is 5.41 Å². The zero-order valence-electron chi connectivity index (χ0n) is 11.1. The molecule has 5 nitrogen and oxygen atoms in total. The van der Waals surface area contributed by atoms with Crippen LogP contribution in [-0.4, -0.2) is 23.3 Å². The number of aromatic nitrogens is 1. The summed E-state index contributed by atoms with van der Waals surface area (Å²) in [5.41, 5.74) is 0.162. The molecular formula is C14H19N3O2. The molecule has 102 valence electrons. The van der Waals surface area contributed by atoms with Gasteiger partial charge in [0.05, 0.1) is 0 Å². The van der Waals surface area contributed by atoms with Crippen LogP contribution in [0.3, 0.4) is 0 Å². The van der Waals surface area contributed by atoms with Crippen LogP contribution in [0.4, 0.5) is 0 Å². The normalized spacial score (nSPS) is 15.6. The Hall–Kier alpha value is -1.91. The van der Waals surface area contributed by atoms with Crippen LogP contribution < -0.4 is 10.6 Å². The maximum absolute atomic E-state index is 12.1. The minimum absolute atomic E-state index is 0.137. The van der Waals surface area contributed by atoms with Crippen molar-refractivity contribution < 1.29 is 9.59 Å². The summed E-state index contributed by atoms with van der Waals surface area (Å²) < 4.78 is 0. The van der Waals surface area contributed by atoms with E-state index in [4.69, 9.17) is 0 Å². The molecule has 2 rings (SSSR count). The number of carbonyl (C=O) groups excluding carboxylic acids is 2. The third-order valence-corrected chi connectivity index (χ3v) is 3.36. The van der Waals surface area contributed by atoms with Gasteiger partial charge in [-0.3, -0.25) is 14.6 Å². The van der Waals surface area contributed by atoms with Crippen LogP contribution in [0.5, 0.6) is 0 Å². The van der Waals surface area contributed by atoms with Crippen molar-refractivity contribution in [2.75, 3.05) is 6.54 Å².